The van der Waals surface area contributed by atoms with Gasteiger partial charge in [0.15, 0.2) is 6.61 Å². The standard InChI is InChI=1S/C24H24N4O3/c1-17-13-18(2)15-22(14-17)27(12-4-10-25)23(29)16-31-24(30)20-5-7-21(8-6-20)28-19(3)9-11-26-28/h5-9,11,13-15H,4,12,16H2,1-3H3. The number of esters is 1. The summed E-state index contributed by atoms with van der Waals surface area (Å²) < 4.78 is 7.01. The van der Waals surface area contributed by atoms with Gasteiger partial charge < -0.3 is 9.64 Å². The lowest BCUT2D eigenvalue weighted by atomic mass is 10.1. The number of hydrogen-bond acceptors (Lipinski definition) is 5. The highest BCUT2D eigenvalue weighted by Crippen LogP contribution is 2.20. The molecule has 0 aliphatic carbocycles. The Bertz CT molecular complexity index is 1110. The number of rotatable bonds is 7. The van der Waals surface area contributed by atoms with Crippen molar-refractivity contribution < 1.29 is 14.3 Å². The second kappa shape index (κ2) is 9.72. The Morgan fingerprint density at radius 2 is 1.74 bits per heavy atom. The monoisotopic (exact) mass is 416 g/mol. The fraction of sp³-hybridized carbons (Fsp3) is 0.250. The van der Waals surface area contributed by atoms with Crippen LogP contribution in [0.4, 0.5) is 5.69 Å². The van der Waals surface area contributed by atoms with Crippen LogP contribution >= 0.6 is 0 Å². The molecule has 0 saturated carbocycles. The topological polar surface area (TPSA) is 88.2 Å². The molecule has 0 N–H and O–H groups in total. The molecule has 31 heavy (non-hydrogen) atoms. The number of carbonyl (C=O) groups is 2. The molecule has 0 bridgehead atoms. The molecule has 0 atom stereocenters. The minimum atomic E-state index is -0.585. The molecule has 0 unspecified atom stereocenters. The van der Waals surface area contributed by atoms with Crippen LogP contribution in [0.5, 0.6) is 0 Å². The summed E-state index contributed by atoms with van der Waals surface area (Å²) in [4.78, 5) is 26.7. The zero-order valence-corrected chi connectivity index (χ0v) is 17.8. The highest BCUT2D eigenvalue weighted by atomic mass is 16.5. The molecule has 0 aliphatic heterocycles. The Hall–Kier alpha value is -3.92. The third kappa shape index (κ3) is 5.37. The minimum absolute atomic E-state index is 0.182. The van der Waals surface area contributed by atoms with Gasteiger partial charge in [0.1, 0.15) is 0 Å². The van der Waals surface area contributed by atoms with Gasteiger partial charge in [0, 0.05) is 24.1 Å². The summed E-state index contributed by atoms with van der Waals surface area (Å²) in [5.74, 6) is -0.963. The molecule has 0 saturated heterocycles. The molecular weight excluding hydrogens is 392 g/mol. The number of amides is 1. The van der Waals surface area contributed by atoms with E-state index in [4.69, 9.17) is 10.00 Å². The van der Waals surface area contributed by atoms with Crippen LogP contribution in [0.2, 0.25) is 0 Å². The van der Waals surface area contributed by atoms with E-state index in [1.807, 2.05) is 45.0 Å². The van der Waals surface area contributed by atoms with Crippen LogP contribution in [-0.2, 0) is 9.53 Å². The lowest BCUT2D eigenvalue weighted by molar-refractivity contribution is -0.121. The SMILES string of the molecule is Cc1cc(C)cc(N(CCC#N)C(=O)COC(=O)c2ccc(-n3nccc3C)cc2)c1. The summed E-state index contributed by atoms with van der Waals surface area (Å²) in [5, 5.41) is 13.2. The first kappa shape index (κ1) is 21.8. The molecule has 1 amide bonds. The fourth-order valence-electron chi connectivity index (χ4n) is 3.33. The molecular formula is C24H24N4O3. The van der Waals surface area contributed by atoms with Gasteiger partial charge in [-0.15, -0.1) is 0 Å². The van der Waals surface area contributed by atoms with Crippen molar-refractivity contribution in [3.63, 3.8) is 0 Å². The molecule has 7 nitrogen and oxygen atoms in total. The molecule has 0 radical (unpaired) electrons. The molecule has 158 valence electrons. The molecule has 0 aliphatic rings. The Labute approximate surface area is 181 Å². The average molecular weight is 416 g/mol. The number of anilines is 1. The van der Waals surface area contributed by atoms with Gasteiger partial charge in [-0.2, -0.15) is 10.4 Å². The number of aryl methyl sites for hydroxylation is 3. The number of ether oxygens (including phenoxy) is 1. The zero-order chi connectivity index (χ0) is 22.4. The van der Waals surface area contributed by atoms with E-state index in [9.17, 15) is 9.59 Å². The van der Waals surface area contributed by atoms with E-state index in [1.54, 1.807) is 35.1 Å². The number of nitriles is 1. The van der Waals surface area contributed by atoms with Crippen molar-refractivity contribution >= 4 is 17.6 Å². The molecule has 1 heterocycles. The van der Waals surface area contributed by atoms with Crippen LogP contribution in [0.25, 0.3) is 5.69 Å². The van der Waals surface area contributed by atoms with E-state index in [2.05, 4.69) is 11.2 Å². The first-order valence-corrected chi connectivity index (χ1v) is 9.93. The second-order valence-electron chi connectivity index (χ2n) is 7.31. The minimum Gasteiger partial charge on any atom is -0.452 e. The van der Waals surface area contributed by atoms with E-state index in [-0.39, 0.29) is 18.9 Å². The van der Waals surface area contributed by atoms with Crippen LogP contribution in [0, 0.1) is 32.1 Å². The van der Waals surface area contributed by atoms with Gasteiger partial charge in [-0.3, -0.25) is 4.79 Å². The number of aromatic nitrogens is 2. The Balaban J connectivity index is 1.68. The van der Waals surface area contributed by atoms with Crippen molar-refractivity contribution in [2.75, 3.05) is 18.1 Å². The zero-order valence-electron chi connectivity index (χ0n) is 17.8. The predicted octanol–water partition coefficient (Wildman–Crippen LogP) is 3.90. The van der Waals surface area contributed by atoms with Gasteiger partial charge in [0.2, 0.25) is 0 Å². The van der Waals surface area contributed by atoms with Gasteiger partial charge >= 0.3 is 5.97 Å². The summed E-state index contributed by atoms with van der Waals surface area (Å²) in [7, 11) is 0. The van der Waals surface area contributed by atoms with Crippen molar-refractivity contribution in [1.29, 1.82) is 5.26 Å². The lowest BCUT2D eigenvalue weighted by Gasteiger charge is -2.22. The number of nitrogens with zero attached hydrogens (tertiary/aromatic N) is 4. The summed E-state index contributed by atoms with van der Waals surface area (Å²) >= 11 is 0. The van der Waals surface area contributed by atoms with Crippen molar-refractivity contribution in [1.82, 2.24) is 9.78 Å². The van der Waals surface area contributed by atoms with Crippen molar-refractivity contribution in [3.8, 4) is 11.8 Å². The van der Waals surface area contributed by atoms with Gasteiger partial charge in [-0.1, -0.05) is 6.07 Å². The van der Waals surface area contributed by atoms with Crippen molar-refractivity contribution in [2.24, 2.45) is 0 Å². The van der Waals surface area contributed by atoms with Crippen molar-refractivity contribution in [3.05, 3.63) is 77.1 Å². The summed E-state index contributed by atoms with van der Waals surface area (Å²) in [6.07, 6.45) is 1.89. The highest BCUT2D eigenvalue weighted by molar-refractivity contribution is 5.97. The average Bonchev–Trinajstić information content (AvgIpc) is 3.17. The largest absolute Gasteiger partial charge is 0.452 e. The molecule has 1 aromatic heterocycles. The Morgan fingerprint density at radius 3 is 2.32 bits per heavy atom. The summed E-state index contributed by atoms with van der Waals surface area (Å²) in [6.45, 7) is 5.65. The maximum Gasteiger partial charge on any atom is 0.338 e. The lowest BCUT2D eigenvalue weighted by Crippen LogP contribution is -2.35. The number of hydrogen-bond donors (Lipinski definition) is 0. The Morgan fingerprint density at radius 1 is 1.06 bits per heavy atom. The maximum atomic E-state index is 12.8. The van der Waals surface area contributed by atoms with Crippen LogP contribution in [-0.4, -0.2) is 34.8 Å². The number of carbonyl (C=O) groups excluding carboxylic acids is 2. The van der Waals surface area contributed by atoms with E-state index in [0.717, 1.165) is 22.5 Å². The van der Waals surface area contributed by atoms with Gasteiger partial charge in [0.05, 0.1) is 23.7 Å². The molecule has 2 aromatic carbocycles. The van der Waals surface area contributed by atoms with E-state index < -0.39 is 12.6 Å². The fourth-order valence-corrected chi connectivity index (χ4v) is 3.33. The molecule has 7 heteroatoms. The smallest absolute Gasteiger partial charge is 0.338 e. The molecule has 0 fully saturated rings. The molecule has 3 rings (SSSR count). The second-order valence-corrected chi connectivity index (χ2v) is 7.31. The summed E-state index contributed by atoms with van der Waals surface area (Å²) in [6, 6.07) is 16.5. The van der Waals surface area contributed by atoms with Gasteiger partial charge in [-0.25, -0.2) is 9.48 Å². The maximum absolute atomic E-state index is 12.8. The van der Waals surface area contributed by atoms with Crippen LogP contribution in [0.1, 0.15) is 33.6 Å². The summed E-state index contributed by atoms with van der Waals surface area (Å²) in [5.41, 5.74) is 4.85. The van der Waals surface area contributed by atoms with Crippen molar-refractivity contribution in [2.45, 2.75) is 27.2 Å². The quantitative estimate of drug-likeness (QED) is 0.545. The Kier molecular flexibility index (Phi) is 6.83. The third-order valence-electron chi connectivity index (χ3n) is 4.77. The first-order chi connectivity index (χ1) is 14.9. The van der Waals surface area contributed by atoms with E-state index >= 15 is 0 Å². The molecule has 3 aromatic rings. The first-order valence-electron chi connectivity index (χ1n) is 9.93. The normalized spacial score (nSPS) is 10.4. The van der Waals surface area contributed by atoms with Gasteiger partial charge in [-0.05, 0) is 74.4 Å². The molecule has 0 spiro atoms. The number of benzene rings is 2. The van der Waals surface area contributed by atoms with Crippen LogP contribution in [0.15, 0.2) is 54.7 Å². The third-order valence-corrected chi connectivity index (χ3v) is 4.77. The highest BCUT2D eigenvalue weighted by Gasteiger charge is 2.19. The van der Waals surface area contributed by atoms with E-state index in [0.29, 0.717) is 11.3 Å². The predicted molar refractivity (Wildman–Crippen MR) is 117 cm³/mol. The van der Waals surface area contributed by atoms with Gasteiger partial charge in [0.25, 0.3) is 5.91 Å². The van der Waals surface area contributed by atoms with Crippen LogP contribution in [0.3, 0.4) is 0 Å². The van der Waals surface area contributed by atoms with E-state index in [1.165, 1.54) is 4.90 Å². The van der Waals surface area contributed by atoms with Crippen LogP contribution < -0.4 is 4.90 Å².